The molecule has 0 radical (unpaired) electrons. The van der Waals surface area contributed by atoms with Crippen LogP contribution < -0.4 is 10.5 Å². The molecule has 1 aromatic carbocycles. The van der Waals surface area contributed by atoms with Gasteiger partial charge in [0.2, 0.25) is 0 Å². The highest BCUT2D eigenvalue weighted by molar-refractivity contribution is 5.85. The van der Waals surface area contributed by atoms with Crippen molar-refractivity contribution < 1.29 is 14.3 Å². The number of methoxy groups -OCH3 is 2. The molecule has 0 amide bonds. The summed E-state index contributed by atoms with van der Waals surface area (Å²) in [6, 6.07) is 6.62. The monoisotopic (exact) mass is 234 g/mol. The fourth-order valence-electron chi connectivity index (χ4n) is 1.68. The second-order valence-corrected chi connectivity index (χ2v) is 3.68. The van der Waals surface area contributed by atoms with E-state index in [0.29, 0.717) is 5.69 Å². The van der Waals surface area contributed by atoms with Crippen LogP contribution in [0.15, 0.2) is 24.3 Å². The van der Waals surface area contributed by atoms with Crippen LogP contribution in [0.1, 0.15) is 11.7 Å². The summed E-state index contributed by atoms with van der Waals surface area (Å²) in [4.78, 5) is 14.4. The number of nitrogens with one attached hydrogen (secondary N) is 1. The van der Waals surface area contributed by atoms with Crippen LogP contribution in [-0.4, -0.2) is 25.2 Å². The van der Waals surface area contributed by atoms with Gasteiger partial charge in [0.25, 0.3) is 0 Å². The van der Waals surface area contributed by atoms with Gasteiger partial charge in [-0.05, 0) is 24.3 Å². The molecule has 1 aromatic heterocycles. The van der Waals surface area contributed by atoms with Crippen LogP contribution in [0.25, 0.3) is 10.9 Å². The molecule has 17 heavy (non-hydrogen) atoms. The van der Waals surface area contributed by atoms with E-state index < -0.39 is 12.0 Å². The highest BCUT2D eigenvalue weighted by Crippen LogP contribution is 2.23. The number of ether oxygens (including phenoxy) is 2. The van der Waals surface area contributed by atoms with Crippen LogP contribution >= 0.6 is 0 Å². The van der Waals surface area contributed by atoms with Crippen LogP contribution in [0.4, 0.5) is 0 Å². The molecule has 0 saturated carbocycles. The zero-order valence-corrected chi connectivity index (χ0v) is 9.69. The van der Waals surface area contributed by atoms with E-state index in [4.69, 9.17) is 10.5 Å². The van der Waals surface area contributed by atoms with Crippen LogP contribution in [0, 0.1) is 0 Å². The van der Waals surface area contributed by atoms with Crippen molar-refractivity contribution in [2.45, 2.75) is 6.04 Å². The number of esters is 1. The molecule has 1 heterocycles. The van der Waals surface area contributed by atoms with Gasteiger partial charge in [-0.1, -0.05) is 0 Å². The van der Waals surface area contributed by atoms with Crippen molar-refractivity contribution in [2.75, 3.05) is 14.2 Å². The van der Waals surface area contributed by atoms with E-state index in [9.17, 15) is 4.79 Å². The minimum absolute atomic E-state index is 0.469. The van der Waals surface area contributed by atoms with Gasteiger partial charge in [0.15, 0.2) is 0 Å². The quantitative estimate of drug-likeness (QED) is 0.786. The fourth-order valence-corrected chi connectivity index (χ4v) is 1.68. The lowest BCUT2D eigenvalue weighted by atomic mass is 10.2. The lowest BCUT2D eigenvalue weighted by molar-refractivity contribution is -0.142. The fraction of sp³-hybridized carbons (Fsp3) is 0.250. The molecule has 0 fully saturated rings. The molecule has 90 valence electrons. The molecular weight excluding hydrogens is 220 g/mol. The number of nitrogens with two attached hydrogens (primary N) is 1. The Balaban J connectivity index is 2.40. The SMILES string of the molecule is COC(=O)C(N)c1cc2cc(OC)ccc2[nH]1. The van der Waals surface area contributed by atoms with E-state index in [1.54, 1.807) is 7.11 Å². The van der Waals surface area contributed by atoms with E-state index in [-0.39, 0.29) is 0 Å². The Morgan fingerprint density at radius 2 is 2.12 bits per heavy atom. The van der Waals surface area contributed by atoms with E-state index in [1.165, 1.54) is 7.11 Å². The van der Waals surface area contributed by atoms with Crippen LogP contribution in [0.3, 0.4) is 0 Å². The van der Waals surface area contributed by atoms with Gasteiger partial charge in [-0.2, -0.15) is 0 Å². The number of rotatable bonds is 3. The first-order valence-electron chi connectivity index (χ1n) is 5.15. The lowest BCUT2D eigenvalue weighted by Gasteiger charge is -2.05. The van der Waals surface area contributed by atoms with Crippen molar-refractivity contribution in [3.05, 3.63) is 30.0 Å². The summed E-state index contributed by atoms with van der Waals surface area (Å²) in [6.45, 7) is 0. The summed E-state index contributed by atoms with van der Waals surface area (Å²) in [5.74, 6) is 0.290. The number of fused-ring (bicyclic) bond motifs is 1. The molecule has 0 bridgehead atoms. The summed E-state index contributed by atoms with van der Waals surface area (Å²) in [5, 5.41) is 0.943. The molecule has 1 atom stereocenters. The molecule has 0 aliphatic rings. The zero-order valence-electron chi connectivity index (χ0n) is 9.69. The Morgan fingerprint density at radius 1 is 1.35 bits per heavy atom. The number of carbonyl (C=O) groups excluding carboxylic acids is 1. The molecule has 3 N–H and O–H groups in total. The summed E-state index contributed by atoms with van der Waals surface area (Å²) < 4.78 is 9.72. The minimum Gasteiger partial charge on any atom is -0.497 e. The van der Waals surface area contributed by atoms with Crippen molar-refractivity contribution >= 4 is 16.9 Å². The highest BCUT2D eigenvalue weighted by atomic mass is 16.5. The second-order valence-electron chi connectivity index (χ2n) is 3.68. The molecule has 0 aliphatic carbocycles. The Morgan fingerprint density at radius 3 is 2.76 bits per heavy atom. The van der Waals surface area contributed by atoms with Crippen LogP contribution in [-0.2, 0) is 9.53 Å². The first kappa shape index (κ1) is 11.5. The van der Waals surface area contributed by atoms with Gasteiger partial charge in [0, 0.05) is 16.6 Å². The van der Waals surface area contributed by atoms with E-state index in [0.717, 1.165) is 16.7 Å². The Kier molecular flexibility index (Phi) is 3.01. The zero-order chi connectivity index (χ0) is 12.4. The van der Waals surface area contributed by atoms with Crippen molar-refractivity contribution in [1.29, 1.82) is 0 Å². The number of carbonyl (C=O) groups is 1. The number of hydrogen-bond acceptors (Lipinski definition) is 4. The second kappa shape index (κ2) is 4.47. The molecule has 5 nitrogen and oxygen atoms in total. The number of H-pyrrole nitrogens is 1. The summed E-state index contributed by atoms with van der Waals surface area (Å²) in [5.41, 5.74) is 7.27. The first-order chi connectivity index (χ1) is 8.15. The lowest BCUT2D eigenvalue weighted by Crippen LogP contribution is -2.22. The van der Waals surface area contributed by atoms with Crippen molar-refractivity contribution in [3.63, 3.8) is 0 Å². The molecule has 1 unspecified atom stereocenters. The number of aromatic nitrogens is 1. The maximum atomic E-state index is 11.3. The van der Waals surface area contributed by atoms with Crippen LogP contribution in [0.5, 0.6) is 5.75 Å². The maximum absolute atomic E-state index is 11.3. The van der Waals surface area contributed by atoms with E-state index in [1.807, 2.05) is 24.3 Å². The van der Waals surface area contributed by atoms with Gasteiger partial charge in [-0.3, -0.25) is 0 Å². The number of aromatic amines is 1. The Bertz CT molecular complexity index is 548. The van der Waals surface area contributed by atoms with Gasteiger partial charge in [-0.15, -0.1) is 0 Å². The van der Waals surface area contributed by atoms with E-state index >= 15 is 0 Å². The minimum atomic E-state index is -0.793. The average Bonchev–Trinajstić information content (AvgIpc) is 2.79. The topological polar surface area (TPSA) is 77.3 Å². The third-order valence-corrected chi connectivity index (χ3v) is 2.64. The highest BCUT2D eigenvalue weighted by Gasteiger charge is 2.18. The third kappa shape index (κ3) is 2.09. The Labute approximate surface area is 98.5 Å². The van der Waals surface area contributed by atoms with Crippen molar-refractivity contribution in [3.8, 4) is 5.75 Å². The first-order valence-corrected chi connectivity index (χ1v) is 5.15. The number of hydrogen-bond donors (Lipinski definition) is 2. The van der Waals surface area contributed by atoms with Gasteiger partial charge < -0.3 is 20.2 Å². The predicted molar refractivity (Wildman–Crippen MR) is 63.8 cm³/mol. The molecule has 0 saturated heterocycles. The summed E-state index contributed by atoms with van der Waals surface area (Å²) in [7, 11) is 2.92. The maximum Gasteiger partial charge on any atom is 0.328 e. The molecule has 2 rings (SSSR count). The Hall–Kier alpha value is -2.01. The molecule has 2 aromatic rings. The third-order valence-electron chi connectivity index (χ3n) is 2.64. The molecule has 0 spiro atoms. The smallest absolute Gasteiger partial charge is 0.328 e. The largest absolute Gasteiger partial charge is 0.497 e. The van der Waals surface area contributed by atoms with Crippen LogP contribution in [0.2, 0.25) is 0 Å². The molecular formula is C12H14N2O3. The van der Waals surface area contributed by atoms with Crippen molar-refractivity contribution in [2.24, 2.45) is 5.73 Å². The summed E-state index contributed by atoms with van der Waals surface area (Å²) >= 11 is 0. The van der Waals surface area contributed by atoms with Gasteiger partial charge >= 0.3 is 5.97 Å². The van der Waals surface area contributed by atoms with Crippen molar-refractivity contribution in [1.82, 2.24) is 4.98 Å². The van der Waals surface area contributed by atoms with E-state index in [2.05, 4.69) is 9.72 Å². The average molecular weight is 234 g/mol. The van der Waals surface area contributed by atoms with Gasteiger partial charge in [0.1, 0.15) is 11.8 Å². The standard InChI is InChI=1S/C12H14N2O3/c1-16-8-3-4-9-7(5-8)6-10(14-9)11(13)12(15)17-2/h3-6,11,14H,13H2,1-2H3. The normalized spacial score (nSPS) is 12.4. The molecule has 5 heteroatoms. The summed E-state index contributed by atoms with van der Waals surface area (Å²) in [6.07, 6.45) is 0. The predicted octanol–water partition coefficient (Wildman–Crippen LogP) is 1.35. The molecule has 0 aliphatic heterocycles. The van der Waals surface area contributed by atoms with Gasteiger partial charge in [0.05, 0.1) is 14.2 Å². The number of benzene rings is 1. The van der Waals surface area contributed by atoms with Gasteiger partial charge in [-0.25, -0.2) is 4.79 Å².